The molecule has 1 aromatic carbocycles. The van der Waals surface area contributed by atoms with Crippen LogP contribution in [0.5, 0.6) is 5.75 Å². The first-order valence-corrected chi connectivity index (χ1v) is 7.86. The summed E-state index contributed by atoms with van der Waals surface area (Å²) in [6.07, 6.45) is 3.57. The maximum absolute atomic E-state index is 11.8. The molecule has 3 N–H and O–H groups in total. The summed E-state index contributed by atoms with van der Waals surface area (Å²) >= 11 is 3.39. The molecule has 0 heterocycles. The molecule has 21 heavy (non-hydrogen) atoms. The molecule has 1 atom stereocenters. The Morgan fingerprint density at radius 2 is 2.24 bits per heavy atom. The average Bonchev–Trinajstić information content (AvgIpc) is 3.25. The van der Waals surface area contributed by atoms with Crippen molar-refractivity contribution in [3.8, 4) is 5.75 Å². The Hall–Kier alpha value is -0.780. The number of carbonyl (C=O) groups excluding carboxylic acids is 1. The maximum Gasteiger partial charge on any atom is 0.220 e. The molecule has 1 amide bonds. The topological polar surface area (TPSA) is 64.3 Å². The van der Waals surface area contributed by atoms with Crippen LogP contribution in [0.4, 0.5) is 0 Å². The molecule has 1 aliphatic rings. The molecule has 118 valence electrons. The first-order valence-electron chi connectivity index (χ1n) is 7.07. The van der Waals surface area contributed by atoms with Crippen molar-refractivity contribution in [2.24, 2.45) is 11.7 Å². The number of halogens is 2. The monoisotopic (exact) mass is 376 g/mol. The van der Waals surface area contributed by atoms with E-state index < -0.39 is 0 Å². The van der Waals surface area contributed by atoms with Crippen LogP contribution in [0.25, 0.3) is 0 Å². The van der Waals surface area contributed by atoms with Gasteiger partial charge in [0.25, 0.3) is 0 Å². The fourth-order valence-corrected chi connectivity index (χ4v) is 2.50. The molecule has 1 aliphatic carbocycles. The Labute approximate surface area is 140 Å². The van der Waals surface area contributed by atoms with E-state index in [1.165, 1.54) is 12.8 Å². The number of nitrogens with two attached hydrogens (primary N) is 1. The van der Waals surface area contributed by atoms with Gasteiger partial charge < -0.3 is 15.8 Å². The van der Waals surface area contributed by atoms with E-state index in [0.29, 0.717) is 31.9 Å². The van der Waals surface area contributed by atoms with Crippen molar-refractivity contribution in [3.63, 3.8) is 0 Å². The molecular weight excluding hydrogens is 356 g/mol. The summed E-state index contributed by atoms with van der Waals surface area (Å²) in [5, 5.41) is 3.01. The molecular formula is C15H22BrClN2O2. The molecule has 0 spiro atoms. The first kappa shape index (κ1) is 18.3. The van der Waals surface area contributed by atoms with Gasteiger partial charge in [-0.05, 0) is 43.4 Å². The van der Waals surface area contributed by atoms with Crippen LogP contribution in [-0.2, 0) is 4.79 Å². The van der Waals surface area contributed by atoms with E-state index in [0.717, 1.165) is 10.2 Å². The van der Waals surface area contributed by atoms with Crippen LogP contribution in [0.15, 0.2) is 28.7 Å². The van der Waals surface area contributed by atoms with E-state index in [2.05, 4.69) is 21.2 Å². The van der Waals surface area contributed by atoms with Gasteiger partial charge in [-0.2, -0.15) is 0 Å². The van der Waals surface area contributed by atoms with E-state index in [4.69, 9.17) is 10.5 Å². The predicted molar refractivity (Wildman–Crippen MR) is 89.8 cm³/mol. The summed E-state index contributed by atoms with van der Waals surface area (Å²) in [6.45, 7) is 1.07. The van der Waals surface area contributed by atoms with E-state index in [-0.39, 0.29) is 24.4 Å². The standard InChI is InChI=1S/C15H21BrN2O2.ClH/c16-12-3-1-4-13(9-12)20-8-2-5-15(19)18-14(10-17)11-6-7-11;/h1,3-4,9,11,14H,2,5-8,10,17H2,(H,18,19);1H. The van der Waals surface area contributed by atoms with Crippen LogP contribution >= 0.6 is 28.3 Å². The number of carbonyl (C=O) groups is 1. The highest BCUT2D eigenvalue weighted by Crippen LogP contribution is 2.32. The van der Waals surface area contributed by atoms with E-state index in [1.807, 2.05) is 24.3 Å². The lowest BCUT2D eigenvalue weighted by Gasteiger charge is -2.15. The predicted octanol–water partition coefficient (Wildman–Crippen LogP) is 2.88. The van der Waals surface area contributed by atoms with E-state index >= 15 is 0 Å². The lowest BCUT2D eigenvalue weighted by Crippen LogP contribution is -2.41. The third kappa shape index (κ3) is 6.68. The molecule has 6 heteroatoms. The second kappa shape index (κ2) is 9.28. The van der Waals surface area contributed by atoms with Crippen LogP contribution in [-0.4, -0.2) is 25.1 Å². The molecule has 1 saturated carbocycles. The number of ether oxygens (including phenoxy) is 1. The number of hydrogen-bond donors (Lipinski definition) is 2. The lowest BCUT2D eigenvalue weighted by atomic mass is 10.2. The summed E-state index contributed by atoms with van der Waals surface area (Å²) in [6, 6.07) is 7.85. The molecule has 1 aromatic rings. The van der Waals surface area contributed by atoms with Crippen molar-refractivity contribution in [2.75, 3.05) is 13.2 Å². The Morgan fingerprint density at radius 1 is 1.48 bits per heavy atom. The third-order valence-corrected chi connectivity index (χ3v) is 3.90. The van der Waals surface area contributed by atoms with Crippen molar-refractivity contribution in [2.45, 2.75) is 31.7 Å². The highest BCUT2D eigenvalue weighted by molar-refractivity contribution is 9.10. The van der Waals surface area contributed by atoms with Gasteiger partial charge in [0.1, 0.15) is 5.75 Å². The number of hydrogen-bond acceptors (Lipinski definition) is 3. The highest BCUT2D eigenvalue weighted by atomic mass is 79.9. The van der Waals surface area contributed by atoms with Crippen molar-refractivity contribution in [1.82, 2.24) is 5.32 Å². The number of nitrogens with one attached hydrogen (secondary N) is 1. The van der Waals surface area contributed by atoms with Crippen LogP contribution in [0.3, 0.4) is 0 Å². The van der Waals surface area contributed by atoms with Crippen LogP contribution in [0.1, 0.15) is 25.7 Å². The fraction of sp³-hybridized carbons (Fsp3) is 0.533. The SMILES string of the molecule is Cl.NCC(NC(=O)CCCOc1cccc(Br)c1)C1CC1. The molecule has 0 aromatic heterocycles. The van der Waals surface area contributed by atoms with Crippen molar-refractivity contribution < 1.29 is 9.53 Å². The minimum atomic E-state index is 0. The van der Waals surface area contributed by atoms with Gasteiger partial charge >= 0.3 is 0 Å². The van der Waals surface area contributed by atoms with Gasteiger partial charge in [0.15, 0.2) is 0 Å². The van der Waals surface area contributed by atoms with Crippen molar-refractivity contribution >= 4 is 34.2 Å². The zero-order chi connectivity index (χ0) is 14.4. The Kier molecular flexibility index (Phi) is 8.07. The van der Waals surface area contributed by atoms with Gasteiger partial charge in [-0.15, -0.1) is 12.4 Å². The molecule has 0 bridgehead atoms. The molecule has 0 radical (unpaired) electrons. The van der Waals surface area contributed by atoms with Gasteiger partial charge in [-0.3, -0.25) is 4.79 Å². The Balaban J connectivity index is 0.00000220. The zero-order valence-electron chi connectivity index (χ0n) is 11.9. The molecule has 1 unspecified atom stereocenters. The van der Waals surface area contributed by atoms with Crippen LogP contribution < -0.4 is 15.8 Å². The second-order valence-corrected chi connectivity index (χ2v) is 6.07. The molecule has 0 saturated heterocycles. The lowest BCUT2D eigenvalue weighted by molar-refractivity contribution is -0.122. The van der Waals surface area contributed by atoms with Crippen molar-refractivity contribution in [3.05, 3.63) is 28.7 Å². The largest absolute Gasteiger partial charge is 0.494 e. The molecule has 1 fully saturated rings. The minimum Gasteiger partial charge on any atom is -0.494 e. The van der Waals surface area contributed by atoms with Crippen LogP contribution in [0.2, 0.25) is 0 Å². The van der Waals surface area contributed by atoms with E-state index in [9.17, 15) is 4.79 Å². The Bertz CT molecular complexity index is 455. The number of benzene rings is 1. The van der Waals surface area contributed by atoms with Gasteiger partial charge in [-0.1, -0.05) is 22.0 Å². The van der Waals surface area contributed by atoms with Gasteiger partial charge in [0.05, 0.1) is 6.61 Å². The smallest absolute Gasteiger partial charge is 0.220 e. The third-order valence-electron chi connectivity index (χ3n) is 3.40. The zero-order valence-corrected chi connectivity index (χ0v) is 14.3. The number of rotatable bonds is 8. The summed E-state index contributed by atoms with van der Waals surface area (Å²) in [4.78, 5) is 11.8. The van der Waals surface area contributed by atoms with Crippen LogP contribution in [0, 0.1) is 5.92 Å². The van der Waals surface area contributed by atoms with Gasteiger partial charge in [0.2, 0.25) is 5.91 Å². The quantitative estimate of drug-likeness (QED) is 0.685. The molecule has 0 aliphatic heterocycles. The first-order chi connectivity index (χ1) is 9.69. The normalized spacial score (nSPS) is 15.0. The minimum absolute atomic E-state index is 0. The fourth-order valence-electron chi connectivity index (χ4n) is 2.13. The second-order valence-electron chi connectivity index (χ2n) is 5.16. The molecule has 2 rings (SSSR count). The average molecular weight is 378 g/mol. The summed E-state index contributed by atoms with van der Waals surface area (Å²) < 4.78 is 6.58. The maximum atomic E-state index is 11.8. The summed E-state index contributed by atoms with van der Waals surface area (Å²) in [5.74, 6) is 1.49. The van der Waals surface area contributed by atoms with Crippen molar-refractivity contribution in [1.29, 1.82) is 0 Å². The van der Waals surface area contributed by atoms with E-state index in [1.54, 1.807) is 0 Å². The summed E-state index contributed by atoms with van der Waals surface area (Å²) in [5.41, 5.74) is 5.66. The highest BCUT2D eigenvalue weighted by Gasteiger charge is 2.30. The van der Waals surface area contributed by atoms with Gasteiger partial charge in [0, 0.05) is 23.5 Å². The molecule has 4 nitrogen and oxygen atoms in total. The number of amides is 1. The summed E-state index contributed by atoms with van der Waals surface area (Å²) in [7, 11) is 0. The Morgan fingerprint density at radius 3 is 2.86 bits per heavy atom. The van der Waals surface area contributed by atoms with Gasteiger partial charge in [-0.25, -0.2) is 0 Å².